The van der Waals surface area contributed by atoms with Crippen LogP contribution in [0.5, 0.6) is 0 Å². The van der Waals surface area contributed by atoms with E-state index in [9.17, 15) is 18.0 Å². The smallest absolute Gasteiger partial charge is 0.419 e. The SMILES string of the molecule is CCOC(=O)Nc1ccc2c(-c3nc(NC4CCCNC4)ncc3C(F)(F)F)c[nH]c2c1C1CC1. The maximum atomic E-state index is 13.9. The highest BCUT2D eigenvalue weighted by Gasteiger charge is 2.37. The summed E-state index contributed by atoms with van der Waals surface area (Å²) in [6, 6.07) is 3.47. The molecule has 8 nitrogen and oxygen atoms in total. The highest BCUT2D eigenvalue weighted by atomic mass is 19.4. The van der Waals surface area contributed by atoms with E-state index < -0.39 is 17.8 Å². The Morgan fingerprint density at radius 2 is 2.09 bits per heavy atom. The molecule has 1 saturated heterocycles. The lowest BCUT2D eigenvalue weighted by atomic mass is 10.00. The van der Waals surface area contributed by atoms with Crippen LogP contribution in [0.1, 0.15) is 49.7 Å². The van der Waals surface area contributed by atoms with Gasteiger partial charge >= 0.3 is 12.3 Å². The molecule has 186 valence electrons. The number of hydrogen-bond donors (Lipinski definition) is 4. The molecule has 1 aromatic carbocycles. The highest BCUT2D eigenvalue weighted by molar-refractivity contribution is 6.01. The fourth-order valence-electron chi connectivity index (χ4n) is 4.62. The van der Waals surface area contributed by atoms with Crippen molar-refractivity contribution in [3.8, 4) is 11.3 Å². The van der Waals surface area contributed by atoms with E-state index in [1.54, 1.807) is 25.3 Å². The summed E-state index contributed by atoms with van der Waals surface area (Å²) in [5.41, 5.74) is 1.41. The Kier molecular flexibility index (Phi) is 6.26. The number of H-pyrrole nitrogens is 1. The number of benzene rings is 1. The van der Waals surface area contributed by atoms with Crippen LogP contribution in [0.25, 0.3) is 22.2 Å². The number of alkyl halides is 3. The van der Waals surface area contributed by atoms with Gasteiger partial charge in [-0.15, -0.1) is 0 Å². The third-order valence-corrected chi connectivity index (χ3v) is 6.37. The van der Waals surface area contributed by atoms with Crippen molar-refractivity contribution >= 4 is 28.6 Å². The Hall–Kier alpha value is -3.34. The summed E-state index contributed by atoms with van der Waals surface area (Å²) in [6.45, 7) is 3.58. The molecule has 0 spiro atoms. The van der Waals surface area contributed by atoms with E-state index in [2.05, 4.69) is 30.9 Å². The summed E-state index contributed by atoms with van der Waals surface area (Å²) >= 11 is 0. The number of rotatable bonds is 6. The van der Waals surface area contributed by atoms with Gasteiger partial charge in [0.25, 0.3) is 0 Å². The molecule has 35 heavy (non-hydrogen) atoms. The second-order valence-electron chi connectivity index (χ2n) is 8.91. The van der Waals surface area contributed by atoms with E-state index in [1.165, 1.54) is 0 Å². The summed E-state index contributed by atoms with van der Waals surface area (Å²) in [7, 11) is 0. The maximum Gasteiger partial charge on any atom is 0.419 e. The number of halogens is 3. The van der Waals surface area contributed by atoms with E-state index in [-0.39, 0.29) is 30.2 Å². The fourth-order valence-corrected chi connectivity index (χ4v) is 4.62. The van der Waals surface area contributed by atoms with Crippen LogP contribution in [0.4, 0.5) is 29.6 Å². The van der Waals surface area contributed by atoms with Crippen LogP contribution in [0.2, 0.25) is 0 Å². The van der Waals surface area contributed by atoms with E-state index in [0.717, 1.165) is 44.0 Å². The molecule has 2 aliphatic rings. The number of carbonyl (C=O) groups excluding carboxylic acids is 1. The number of fused-ring (bicyclic) bond motifs is 1. The largest absolute Gasteiger partial charge is 0.450 e. The molecule has 11 heteroatoms. The van der Waals surface area contributed by atoms with Crippen molar-refractivity contribution in [1.82, 2.24) is 20.3 Å². The first-order valence-corrected chi connectivity index (χ1v) is 11.8. The van der Waals surface area contributed by atoms with Crippen LogP contribution in [0, 0.1) is 0 Å². The summed E-state index contributed by atoms with van der Waals surface area (Å²) < 4.78 is 46.8. The van der Waals surface area contributed by atoms with Crippen LogP contribution in [0.15, 0.2) is 24.5 Å². The van der Waals surface area contributed by atoms with Crippen molar-refractivity contribution < 1.29 is 22.7 Å². The Morgan fingerprint density at radius 1 is 1.26 bits per heavy atom. The van der Waals surface area contributed by atoms with Gasteiger partial charge < -0.3 is 20.4 Å². The van der Waals surface area contributed by atoms with Gasteiger partial charge in [-0.3, -0.25) is 5.32 Å². The van der Waals surface area contributed by atoms with Crippen molar-refractivity contribution in [1.29, 1.82) is 0 Å². The van der Waals surface area contributed by atoms with Crippen molar-refractivity contribution in [3.63, 3.8) is 0 Å². The molecule has 3 aromatic rings. The minimum atomic E-state index is -4.62. The van der Waals surface area contributed by atoms with E-state index >= 15 is 0 Å². The van der Waals surface area contributed by atoms with E-state index in [1.807, 2.05) is 0 Å². The normalized spacial score (nSPS) is 18.5. The molecule has 1 aliphatic heterocycles. The highest BCUT2D eigenvalue weighted by Crippen LogP contribution is 2.48. The van der Waals surface area contributed by atoms with Crippen LogP contribution in [0.3, 0.4) is 0 Å². The van der Waals surface area contributed by atoms with Gasteiger partial charge in [0.2, 0.25) is 5.95 Å². The lowest BCUT2D eigenvalue weighted by Gasteiger charge is -2.24. The Bertz CT molecular complexity index is 1230. The lowest BCUT2D eigenvalue weighted by molar-refractivity contribution is -0.137. The summed E-state index contributed by atoms with van der Waals surface area (Å²) in [6.07, 6.45) is 0.955. The number of nitrogens with zero attached hydrogens (tertiary/aromatic N) is 2. The number of piperidine rings is 1. The van der Waals surface area contributed by atoms with Gasteiger partial charge in [0.1, 0.15) is 5.56 Å². The average Bonchev–Trinajstić information content (AvgIpc) is 3.57. The number of aromatic nitrogens is 3. The number of nitrogens with one attached hydrogen (secondary N) is 4. The first-order valence-electron chi connectivity index (χ1n) is 11.8. The molecule has 2 fully saturated rings. The Morgan fingerprint density at radius 3 is 2.77 bits per heavy atom. The second kappa shape index (κ2) is 9.37. The molecule has 4 N–H and O–H groups in total. The van der Waals surface area contributed by atoms with Gasteiger partial charge in [-0.05, 0) is 51.1 Å². The lowest BCUT2D eigenvalue weighted by Crippen LogP contribution is -2.38. The fraction of sp³-hybridized carbons (Fsp3) is 0.458. The van der Waals surface area contributed by atoms with Crippen molar-refractivity contribution in [2.45, 2.75) is 50.7 Å². The number of carbonyl (C=O) groups is 1. The minimum Gasteiger partial charge on any atom is -0.450 e. The molecule has 1 unspecified atom stereocenters. The molecule has 1 aliphatic carbocycles. The molecule has 0 radical (unpaired) electrons. The molecule has 1 saturated carbocycles. The molecular formula is C24H27F3N6O2. The monoisotopic (exact) mass is 488 g/mol. The molecular weight excluding hydrogens is 461 g/mol. The van der Waals surface area contributed by atoms with Gasteiger partial charge in [-0.25, -0.2) is 14.8 Å². The number of anilines is 2. The topological polar surface area (TPSA) is 104 Å². The van der Waals surface area contributed by atoms with Gasteiger partial charge in [0.15, 0.2) is 0 Å². The van der Waals surface area contributed by atoms with Crippen LogP contribution < -0.4 is 16.0 Å². The van der Waals surface area contributed by atoms with Crippen molar-refractivity contribution in [2.75, 3.05) is 30.3 Å². The Balaban J connectivity index is 1.57. The zero-order valence-corrected chi connectivity index (χ0v) is 19.3. The second-order valence-corrected chi connectivity index (χ2v) is 8.91. The molecule has 1 amide bonds. The molecule has 0 bridgehead atoms. The van der Waals surface area contributed by atoms with Gasteiger partial charge in [-0.2, -0.15) is 13.2 Å². The standard InChI is InChI=1S/C24H27F3N6O2/c1-2-35-23(34)32-18-8-7-15-16(11-29-21(15)19(18)13-5-6-13)20-17(24(25,26)27)12-30-22(33-20)31-14-4-3-9-28-10-14/h7-8,11-14,28-29H,2-6,9-10H2,1H3,(H,32,34)(H,30,31,33). The van der Waals surface area contributed by atoms with Crippen molar-refractivity contribution in [3.05, 3.63) is 35.7 Å². The summed E-state index contributed by atoms with van der Waals surface area (Å²) in [4.78, 5) is 23.5. The average molecular weight is 489 g/mol. The zero-order valence-electron chi connectivity index (χ0n) is 19.3. The van der Waals surface area contributed by atoms with Crippen LogP contribution in [-0.2, 0) is 10.9 Å². The van der Waals surface area contributed by atoms with Gasteiger partial charge in [0.05, 0.1) is 17.8 Å². The minimum absolute atomic E-state index is 0.0503. The van der Waals surface area contributed by atoms with E-state index in [4.69, 9.17) is 4.74 Å². The maximum absolute atomic E-state index is 13.9. The molecule has 3 heterocycles. The third kappa shape index (κ3) is 4.90. The quantitative estimate of drug-likeness (QED) is 0.378. The number of ether oxygens (including phenoxy) is 1. The molecule has 2 aromatic heterocycles. The van der Waals surface area contributed by atoms with Crippen molar-refractivity contribution in [2.24, 2.45) is 0 Å². The van der Waals surface area contributed by atoms with Crippen LogP contribution >= 0.6 is 0 Å². The molecule has 5 rings (SSSR count). The number of hydrogen-bond acceptors (Lipinski definition) is 6. The third-order valence-electron chi connectivity index (χ3n) is 6.37. The summed E-state index contributed by atoms with van der Waals surface area (Å²) in [5.74, 6) is 0.379. The molecule has 1 atom stereocenters. The van der Waals surface area contributed by atoms with Gasteiger partial charge in [-0.1, -0.05) is 6.07 Å². The zero-order chi connectivity index (χ0) is 24.6. The number of aromatic amines is 1. The number of amides is 1. The Labute approximate surface area is 200 Å². The van der Waals surface area contributed by atoms with Crippen LogP contribution in [-0.4, -0.2) is 46.8 Å². The first kappa shape index (κ1) is 23.4. The van der Waals surface area contributed by atoms with Gasteiger partial charge in [0, 0.05) is 47.2 Å². The first-order chi connectivity index (χ1) is 16.8. The van der Waals surface area contributed by atoms with E-state index in [0.29, 0.717) is 28.7 Å². The predicted molar refractivity (Wildman–Crippen MR) is 126 cm³/mol. The summed E-state index contributed by atoms with van der Waals surface area (Å²) in [5, 5.41) is 9.80. The predicted octanol–water partition coefficient (Wildman–Crippen LogP) is 5.25.